The predicted molar refractivity (Wildman–Crippen MR) is 102 cm³/mol. The molecule has 6 heteroatoms. The molecule has 1 spiro atoms. The Balaban J connectivity index is 1.48. The quantitative estimate of drug-likeness (QED) is 0.897. The Morgan fingerprint density at radius 2 is 2.19 bits per heavy atom. The molecule has 1 aromatic carbocycles. The number of carbonyl (C=O) groups is 1. The van der Waals surface area contributed by atoms with Gasteiger partial charge in [0, 0.05) is 44.1 Å². The summed E-state index contributed by atoms with van der Waals surface area (Å²) in [5.74, 6) is 1.29. The summed E-state index contributed by atoms with van der Waals surface area (Å²) < 4.78 is 6.52. The number of piperidine rings is 1. The Morgan fingerprint density at radius 3 is 2.92 bits per heavy atom. The van der Waals surface area contributed by atoms with Crippen LogP contribution in [-0.4, -0.2) is 41.5 Å². The second-order valence-electron chi connectivity index (χ2n) is 7.30. The van der Waals surface area contributed by atoms with Crippen LogP contribution in [0.15, 0.2) is 35.8 Å². The van der Waals surface area contributed by atoms with Crippen LogP contribution in [0.2, 0.25) is 0 Å². The van der Waals surface area contributed by atoms with Gasteiger partial charge in [-0.1, -0.05) is 18.2 Å². The topological polar surface area (TPSA) is 54.5 Å². The third kappa shape index (κ3) is 3.62. The number of ether oxygens (including phenoxy) is 1. The second kappa shape index (κ2) is 7.37. The van der Waals surface area contributed by atoms with Gasteiger partial charge in [0.25, 0.3) is 0 Å². The maximum Gasteiger partial charge on any atom is 0.220 e. The fraction of sp³-hybridized carbons (Fsp3) is 0.500. The minimum Gasteiger partial charge on any atom is -0.487 e. The van der Waals surface area contributed by atoms with E-state index in [0.717, 1.165) is 44.6 Å². The molecule has 2 aliphatic rings. The lowest BCUT2D eigenvalue weighted by molar-refractivity contribution is -0.121. The lowest BCUT2D eigenvalue weighted by Crippen LogP contribution is -2.50. The average molecular weight is 372 g/mol. The van der Waals surface area contributed by atoms with Crippen molar-refractivity contribution in [2.45, 2.75) is 43.7 Å². The fourth-order valence-electron chi connectivity index (χ4n) is 4.20. The predicted octanol–water partition coefficient (Wildman–Crippen LogP) is 3.18. The number of amides is 1. The molecule has 0 unspecified atom stereocenters. The molecular weight excluding hydrogens is 346 g/mol. The van der Waals surface area contributed by atoms with Crippen LogP contribution in [-0.2, 0) is 11.3 Å². The van der Waals surface area contributed by atoms with Gasteiger partial charge in [0.1, 0.15) is 16.4 Å². The highest BCUT2D eigenvalue weighted by Gasteiger charge is 2.43. The molecule has 1 atom stereocenters. The zero-order valence-corrected chi connectivity index (χ0v) is 15.9. The molecule has 2 aromatic rings. The van der Waals surface area contributed by atoms with Crippen molar-refractivity contribution < 1.29 is 9.53 Å². The molecule has 2 aliphatic heterocycles. The number of rotatable bonds is 4. The van der Waals surface area contributed by atoms with Gasteiger partial charge in [-0.05, 0) is 30.9 Å². The molecule has 0 aliphatic carbocycles. The molecular formula is C20H25N3O2S. The van der Waals surface area contributed by atoms with Crippen molar-refractivity contribution in [3.05, 3.63) is 46.4 Å². The summed E-state index contributed by atoms with van der Waals surface area (Å²) in [4.78, 5) is 18.9. The molecule has 5 nitrogen and oxygen atoms in total. The van der Waals surface area contributed by atoms with Gasteiger partial charge < -0.3 is 10.1 Å². The number of thiazole rings is 1. The zero-order valence-electron chi connectivity index (χ0n) is 15.1. The van der Waals surface area contributed by atoms with E-state index < -0.39 is 0 Å². The summed E-state index contributed by atoms with van der Waals surface area (Å²) in [6.07, 6.45) is 5.31. The first kappa shape index (κ1) is 17.5. The number of nitrogens with zero attached hydrogens (tertiary/aromatic N) is 2. The van der Waals surface area contributed by atoms with Crippen LogP contribution in [0, 0.1) is 0 Å². The average Bonchev–Trinajstić information content (AvgIpc) is 3.17. The molecule has 1 aromatic heterocycles. The molecule has 3 heterocycles. The lowest BCUT2D eigenvalue weighted by atomic mass is 9.76. The van der Waals surface area contributed by atoms with Crippen molar-refractivity contribution in [1.82, 2.24) is 15.2 Å². The number of carbonyl (C=O) groups excluding carboxylic acids is 1. The molecule has 1 N–H and O–H groups in total. The highest BCUT2D eigenvalue weighted by atomic mass is 32.1. The summed E-state index contributed by atoms with van der Waals surface area (Å²) in [6, 6.07) is 8.21. The van der Waals surface area contributed by atoms with Crippen molar-refractivity contribution in [2.75, 3.05) is 20.1 Å². The highest BCUT2D eigenvalue weighted by molar-refractivity contribution is 7.09. The highest BCUT2D eigenvalue weighted by Crippen LogP contribution is 2.46. The van der Waals surface area contributed by atoms with Crippen LogP contribution in [0.25, 0.3) is 0 Å². The van der Waals surface area contributed by atoms with Crippen molar-refractivity contribution in [1.29, 1.82) is 0 Å². The monoisotopic (exact) mass is 371 g/mol. The normalized spacial score (nSPS) is 21.8. The number of hydrogen-bond donors (Lipinski definition) is 1. The van der Waals surface area contributed by atoms with Crippen molar-refractivity contribution in [2.24, 2.45) is 0 Å². The SMILES string of the molecule is CNC(=O)C[C@@H]1CC2(CCN(Cc3nccs3)CC2)Oc2ccccc21. The summed E-state index contributed by atoms with van der Waals surface area (Å²) in [5.41, 5.74) is 1.03. The first-order chi connectivity index (χ1) is 12.7. The number of hydrogen-bond acceptors (Lipinski definition) is 5. The summed E-state index contributed by atoms with van der Waals surface area (Å²) in [6.45, 7) is 2.94. The molecule has 0 radical (unpaired) electrons. The van der Waals surface area contributed by atoms with Gasteiger partial charge in [0.15, 0.2) is 0 Å². The van der Waals surface area contributed by atoms with Crippen LogP contribution < -0.4 is 10.1 Å². The Kier molecular flexibility index (Phi) is 4.96. The van der Waals surface area contributed by atoms with Crippen LogP contribution >= 0.6 is 11.3 Å². The number of aromatic nitrogens is 1. The first-order valence-corrected chi connectivity index (χ1v) is 10.1. The van der Waals surface area contributed by atoms with E-state index >= 15 is 0 Å². The molecule has 0 bridgehead atoms. The van der Waals surface area contributed by atoms with Gasteiger partial charge in [0.05, 0.1) is 6.54 Å². The van der Waals surface area contributed by atoms with Gasteiger partial charge in [-0.3, -0.25) is 9.69 Å². The maximum absolute atomic E-state index is 12.0. The van der Waals surface area contributed by atoms with Crippen molar-refractivity contribution in [3.63, 3.8) is 0 Å². The van der Waals surface area contributed by atoms with E-state index in [1.165, 1.54) is 10.6 Å². The van der Waals surface area contributed by atoms with Crippen LogP contribution in [0.4, 0.5) is 0 Å². The minimum absolute atomic E-state index is 0.100. The Bertz CT molecular complexity index is 754. The van der Waals surface area contributed by atoms with E-state index in [1.54, 1.807) is 18.4 Å². The maximum atomic E-state index is 12.0. The van der Waals surface area contributed by atoms with Gasteiger partial charge in [-0.15, -0.1) is 11.3 Å². The molecule has 138 valence electrons. The van der Waals surface area contributed by atoms with Gasteiger partial charge in [-0.2, -0.15) is 0 Å². The fourth-order valence-corrected chi connectivity index (χ4v) is 4.86. The van der Waals surface area contributed by atoms with E-state index in [-0.39, 0.29) is 17.4 Å². The van der Waals surface area contributed by atoms with E-state index in [4.69, 9.17) is 4.74 Å². The van der Waals surface area contributed by atoms with E-state index in [1.807, 2.05) is 23.7 Å². The summed E-state index contributed by atoms with van der Waals surface area (Å²) >= 11 is 1.72. The third-order valence-electron chi connectivity index (χ3n) is 5.62. The van der Waals surface area contributed by atoms with Crippen molar-refractivity contribution >= 4 is 17.2 Å². The van der Waals surface area contributed by atoms with Crippen molar-refractivity contribution in [3.8, 4) is 5.75 Å². The number of nitrogens with one attached hydrogen (secondary N) is 1. The standard InChI is InChI=1S/C20H25N3O2S/c1-21-18(24)12-15-13-20(25-17-5-3-2-4-16(15)17)6-9-23(10-7-20)14-19-22-8-11-26-19/h2-5,8,11,15H,6-7,9-10,12-14H2,1H3,(H,21,24)/t15-/m1/s1. The smallest absolute Gasteiger partial charge is 0.220 e. The van der Waals surface area contributed by atoms with Crippen LogP contribution in [0.1, 0.15) is 42.2 Å². The second-order valence-corrected chi connectivity index (χ2v) is 8.28. The Morgan fingerprint density at radius 1 is 1.38 bits per heavy atom. The van der Waals surface area contributed by atoms with Crippen LogP contribution in [0.5, 0.6) is 5.75 Å². The van der Waals surface area contributed by atoms with Gasteiger partial charge in [0.2, 0.25) is 5.91 Å². The van der Waals surface area contributed by atoms with Gasteiger partial charge in [-0.25, -0.2) is 4.98 Å². The Labute approximate surface area is 158 Å². The molecule has 26 heavy (non-hydrogen) atoms. The third-order valence-corrected chi connectivity index (χ3v) is 6.39. The van der Waals surface area contributed by atoms with Crippen LogP contribution in [0.3, 0.4) is 0 Å². The number of fused-ring (bicyclic) bond motifs is 1. The molecule has 1 saturated heterocycles. The van der Waals surface area contributed by atoms with E-state index in [9.17, 15) is 4.79 Å². The largest absolute Gasteiger partial charge is 0.487 e. The summed E-state index contributed by atoms with van der Waals surface area (Å²) in [7, 11) is 1.71. The molecule has 4 rings (SSSR count). The van der Waals surface area contributed by atoms with E-state index in [2.05, 4.69) is 27.3 Å². The summed E-state index contributed by atoms with van der Waals surface area (Å²) in [5, 5.41) is 5.98. The Hall–Kier alpha value is -1.92. The lowest BCUT2D eigenvalue weighted by Gasteiger charge is -2.46. The van der Waals surface area contributed by atoms with Gasteiger partial charge >= 0.3 is 0 Å². The van der Waals surface area contributed by atoms with E-state index in [0.29, 0.717) is 6.42 Å². The molecule has 1 fully saturated rings. The minimum atomic E-state index is -0.146. The number of benzene rings is 1. The molecule has 1 amide bonds. The first-order valence-electron chi connectivity index (χ1n) is 9.27. The number of likely N-dealkylation sites (tertiary alicyclic amines) is 1. The molecule has 0 saturated carbocycles. The number of para-hydroxylation sites is 1. The zero-order chi connectivity index (χ0) is 18.0.